The summed E-state index contributed by atoms with van der Waals surface area (Å²) in [5.74, 6) is 0.159. The van der Waals surface area contributed by atoms with Gasteiger partial charge in [-0.15, -0.1) is 5.10 Å². The van der Waals surface area contributed by atoms with Crippen LogP contribution in [0.2, 0.25) is 0 Å². The molecule has 0 aliphatic carbocycles. The number of carbonyl (C=O) groups is 2. The van der Waals surface area contributed by atoms with E-state index in [4.69, 9.17) is 9.47 Å². The Morgan fingerprint density at radius 3 is 2.52 bits per heavy atom. The number of methoxy groups -OCH3 is 1. The number of hydrogen-bond donors (Lipinski definition) is 1. The lowest BCUT2D eigenvalue weighted by molar-refractivity contribution is -0.141. The largest absolute Gasteiger partial charge is 0.497 e. The first kappa shape index (κ1) is 27.8. The number of nitrogens with one attached hydrogen (secondary N) is 1. The summed E-state index contributed by atoms with van der Waals surface area (Å²) in [5.41, 5.74) is 2.11. The number of rotatable bonds is 9. The summed E-state index contributed by atoms with van der Waals surface area (Å²) in [7, 11) is 3.72. The number of benzene rings is 2. The number of morpholine rings is 1. The van der Waals surface area contributed by atoms with Crippen molar-refractivity contribution < 1.29 is 19.1 Å². The Hall–Kier alpha value is -3.80. The van der Waals surface area contributed by atoms with Crippen LogP contribution in [0.15, 0.2) is 60.8 Å². The van der Waals surface area contributed by atoms with Crippen molar-refractivity contribution in [2.45, 2.75) is 25.2 Å². The highest BCUT2D eigenvalue weighted by atomic mass is 16.5. The standard InChI is InChI=1S/C29H37N7O4/c1-33-12-14-34(15-13-33)18-24-19-36(32-31-24)21-26-20-35(16-17-40-26)29(38)27(22-6-4-3-5-7-22)30-28(37)23-8-10-25(39-2)11-9-23/h3-11,19,26-27H,12-18,20-21H2,1-2H3,(H,30,37). The molecule has 2 aliphatic rings. The molecule has 1 N–H and O–H groups in total. The predicted molar refractivity (Wildman–Crippen MR) is 149 cm³/mol. The molecular formula is C29H37N7O4. The maximum Gasteiger partial charge on any atom is 0.252 e. The normalized spacial score (nSPS) is 19.2. The smallest absolute Gasteiger partial charge is 0.252 e. The van der Waals surface area contributed by atoms with Crippen molar-refractivity contribution in [2.24, 2.45) is 0 Å². The molecule has 2 aromatic carbocycles. The highest BCUT2D eigenvalue weighted by molar-refractivity contribution is 5.98. The molecular weight excluding hydrogens is 510 g/mol. The third kappa shape index (κ3) is 7.04. The fourth-order valence-corrected chi connectivity index (χ4v) is 5.05. The minimum absolute atomic E-state index is 0.171. The second-order valence-corrected chi connectivity index (χ2v) is 10.3. The molecule has 3 aromatic rings. The monoisotopic (exact) mass is 547 g/mol. The zero-order valence-corrected chi connectivity index (χ0v) is 23.1. The van der Waals surface area contributed by atoms with E-state index in [0.717, 1.165) is 44.0 Å². The van der Waals surface area contributed by atoms with E-state index in [9.17, 15) is 9.59 Å². The first-order valence-electron chi connectivity index (χ1n) is 13.7. The Bertz CT molecular complexity index is 1260. The third-order valence-electron chi connectivity index (χ3n) is 7.42. The molecule has 0 spiro atoms. The summed E-state index contributed by atoms with van der Waals surface area (Å²) < 4.78 is 13.0. The van der Waals surface area contributed by atoms with E-state index in [1.54, 1.807) is 41.0 Å². The molecule has 0 bridgehead atoms. The molecule has 5 rings (SSSR count). The number of hydrogen-bond acceptors (Lipinski definition) is 8. The fraction of sp³-hybridized carbons (Fsp3) is 0.448. The molecule has 2 aliphatic heterocycles. The van der Waals surface area contributed by atoms with Gasteiger partial charge in [0.25, 0.3) is 5.91 Å². The minimum Gasteiger partial charge on any atom is -0.497 e. The molecule has 2 saturated heterocycles. The van der Waals surface area contributed by atoms with Crippen LogP contribution in [0.25, 0.3) is 0 Å². The zero-order chi connectivity index (χ0) is 27.9. The number of ether oxygens (including phenoxy) is 2. The topological polar surface area (TPSA) is 105 Å². The molecule has 2 atom stereocenters. The van der Waals surface area contributed by atoms with Gasteiger partial charge >= 0.3 is 0 Å². The summed E-state index contributed by atoms with van der Waals surface area (Å²) in [6, 6.07) is 15.3. The molecule has 2 fully saturated rings. The van der Waals surface area contributed by atoms with Crippen molar-refractivity contribution in [3.05, 3.63) is 77.6 Å². The first-order chi connectivity index (χ1) is 19.5. The molecule has 2 unspecified atom stereocenters. The van der Waals surface area contributed by atoms with Gasteiger partial charge in [-0.05, 0) is 36.9 Å². The summed E-state index contributed by atoms with van der Waals surface area (Å²) in [6.45, 7) is 6.67. The minimum atomic E-state index is -0.823. The molecule has 1 aromatic heterocycles. The first-order valence-corrected chi connectivity index (χ1v) is 13.7. The van der Waals surface area contributed by atoms with Gasteiger partial charge in [-0.25, -0.2) is 4.68 Å². The van der Waals surface area contributed by atoms with Crippen LogP contribution >= 0.6 is 0 Å². The van der Waals surface area contributed by atoms with Crippen LogP contribution in [-0.2, 0) is 22.6 Å². The van der Waals surface area contributed by atoms with E-state index < -0.39 is 6.04 Å². The number of piperazine rings is 1. The quantitative estimate of drug-likeness (QED) is 0.429. The SMILES string of the molecule is COc1ccc(C(=O)NC(C(=O)N2CCOC(Cn3cc(CN4CCN(C)CC4)nn3)C2)c2ccccc2)cc1. The van der Waals surface area contributed by atoms with Gasteiger partial charge in [0.1, 0.15) is 11.8 Å². The second kappa shape index (κ2) is 13.0. The molecule has 0 saturated carbocycles. The molecule has 2 amide bonds. The van der Waals surface area contributed by atoms with Gasteiger partial charge in [-0.1, -0.05) is 35.5 Å². The number of aromatic nitrogens is 3. The highest BCUT2D eigenvalue weighted by Gasteiger charge is 2.32. The zero-order valence-electron chi connectivity index (χ0n) is 23.1. The number of likely N-dealkylation sites (N-methyl/N-ethyl adjacent to an activating group) is 1. The molecule has 212 valence electrons. The van der Waals surface area contributed by atoms with Gasteiger partial charge < -0.3 is 24.6 Å². The average molecular weight is 548 g/mol. The Balaban J connectivity index is 1.22. The number of carbonyl (C=O) groups excluding carboxylic acids is 2. The van der Waals surface area contributed by atoms with Crippen molar-refractivity contribution in [1.82, 2.24) is 35.0 Å². The molecule has 3 heterocycles. The van der Waals surface area contributed by atoms with Crippen molar-refractivity contribution in [3.8, 4) is 5.75 Å². The van der Waals surface area contributed by atoms with Crippen molar-refractivity contribution in [2.75, 3.05) is 60.0 Å². The highest BCUT2D eigenvalue weighted by Crippen LogP contribution is 2.20. The maximum absolute atomic E-state index is 13.8. The lowest BCUT2D eigenvalue weighted by Crippen LogP contribution is -2.51. The van der Waals surface area contributed by atoms with Crippen LogP contribution in [-0.4, -0.2) is 108 Å². The Labute approximate surface area is 234 Å². The van der Waals surface area contributed by atoms with E-state index in [1.165, 1.54) is 0 Å². The molecule has 40 heavy (non-hydrogen) atoms. The van der Waals surface area contributed by atoms with Gasteiger partial charge in [0.15, 0.2) is 0 Å². The Kier molecular flexibility index (Phi) is 9.04. The average Bonchev–Trinajstić information content (AvgIpc) is 3.43. The number of nitrogens with zero attached hydrogens (tertiary/aromatic N) is 6. The molecule has 11 heteroatoms. The Morgan fingerprint density at radius 1 is 1.05 bits per heavy atom. The van der Waals surface area contributed by atoms with Crippen LogP contribution in [0.3, 0.4) is 0 Å². The molecule has 11 nitrogen and oxygen atoms in total. The lowest BCUT2D eigenvalue weighted by Gasteiger charge is -2.35. The van der Waals surface area contributed by atoms with Crippen molar-refractivity contribution >= 4 is 11.8 Å². The number of amides is 2. The second-order valence-electron chi connectivity index (χ2n) is 10.3. The van der Waals surface area contributed by atoms with Gasteiger partial charge in [0.05, 0.1) is 32.1 Å². The van der Waals surface area contributed by atoms with E-state index in [2.05, 4.69) is 32.5 Å². The fourth-order valence-electron chi connectivity index (χ4n) is 5.05. The summed E-state index contributed by atoms with van der Waals surface area (Å²) in [6.07, 6.45) is 1.73. The summed E-state index contributed by atoms with van der Waals surface area (Å²) >= 11 is 0. The van der Waals surface area contributed by atoms with Crippen LogP contribution in [0.1, 0.15) is 27.7 Å². The van der Waals surface area contributed by atoms with E-state index >= 15 is 0 Å². The van der Waals surface area contributed by atoms with Crippen molar-refractivity contribution in [3.63, 3.8) is 0 Å². The predicted octanol–water partition coefficient (Wildman–Crippen LogP) is 1.43. The van der Waals surface area contributed by atoms with Gasteiger partial charge in [-0.2, -0.15) is 0 Å². The van der Waals surface area contributed by atoms with Crippen LogP contribution in [0, 0.1) is 0 Å². The van der Waals surface area contributed by atoms with Gasteiger partial charge in [0.2, 0.25) is 5.91 Å². The summed E-state index contributed by atoms with van der Waals surface area (Å²) in [5, 5.41) is 11.6. The van der Waals surface area contributed by atoms with E-state index in [1.807, 2.05) is 36.5 Å². The van der Waals surface area contributed by atoms with Gasteiger partial charge in [0, 0.05) is 57.6 Å². The maximum atomic E-state index is 13.8. The van der Waals surface area contributed by atoms with Crippen LogP contribution in [0.4, 0.5) is 0 Å². The van der Waals surface area contributed by atoms with Gasteiger partial charge in [-0.3, -0.25) is 14.5 Å². The van der Waals surface area contributed by atoms with Crippen LogP contribution < -0.4 is 10.1 Å². The Morgan fingerprint density at radius 2 is 1.80 bits per heavy atom. The van der Waals surface area contributed by atoms with Crippen molar-refractivity contribution in [1.29, 1.82) is 0 Å². The van der Waals surface area contributed by atoms with E-state index in [-0.39, 0.29) is 17.9 Å². The third-order valence-corrected chi connectivity index (χ3v) is 7.42. The summed E-state index contributed by atoms with van der Waals surface area (Å²) in [4.78, 5) is 33.4. The van der Waals surface area contributed by atoms with Crippen LogP contribution in [0.5, 0.6) is 5.75 Å². The van der Waals surface area contributed by atoms with E-state index in [0.29, 0.717) is 37.6 Å². The molecule has 0 radical (unpaired) electrons. The lowest BCUT2D eigenvalue weighted by atomic mass is 10.0.